The molecule has 0 atom stereocenters. The first kappa shape index (κ1) is 13.1. The maximum atomic E-state index is 12.6. The van der Waals surface area contributed by atoms with Gasteiger partial charge in [0.25, 0.3) is 0 Å². The van der Waals surface area contributed by atoms with Crippen molar-refractivity contribution in [1.82, 2.24) is 9.97 Å². The molecule has 0 aliphatic rings. The van der Waals surface area contributed by atoms with Gasteiger partial charge in [-0.25, -0.2) is 9.37 Å². The van der Waals surface area contributed by atoms with Gasteiger partial charge in [-0.3, -0.25) is 10.1 Å². The number of anilines is 1. The summed E-state index contributed by atoms with van der Waals surface area (Å²) >= 11 is 0. The standard InChI is InChI=1S/C13H14FN3O2/c14-10-3-5-11(6-4-10)19-9-1-2-12(18)17-13-15-7-8-16-13/h3-8H,1-2,9H2,(H2,15,16,17,18). The molecule has 0 fully saturated rings. The van der Waals surface area contributed by atoms with Crippen molar-refractivity contribution < 1.29 is 13.9 Å². The van der Waals surface area contributed by atoms with Crippen molar-refractivity contribution in [2.45, 2.75) is 12.8 Å². The Morgan fingerprint density at radius 1 is 1.37 bits per heavy atom. The van der Waals surface area contributed by atoms with E-state index in [1.54, 1.807) is 24.5 Å². The van der Waals surface area contributed by atoms with E-state index in [1.165, 1.54) is 12.1 Å². The molecule has 2 N–H and O–H groups in total. The highest BCUT2D eigenvalue weighted by atomic mass is 19.1. The number of aromatic amines is 1. The van der Waals surface area contributed by atoms with E-state index in [2.05, 4.69) is 15.3 Å². The van der Waals surface area contributed by atoms with Crippen LogP contribution in [0.2, 0.25) is 0 Å². The highest BCUT2D eigenvalue weighted by Crippen LogP contribution is 2.11. The summed E-state index contributed by atoms with van der Waals surface area (Å²) in [6.45, 7) is 0.400. The normalized spacial score (nSPS) is 10.2. The third kappa shape index (κ3) is 4.42. The molecule has 0 saturated carbocycles. The molecule has 0 radical (unpaired) electrons. The number of aromatic nitrogens is 2. The quantitative estimate of drug-likeness (QED) is 0.786. The van der Waals surface area contributed by atoms with Crippen LogP contribution >= 0.6 is 0 Å². The molecule has 1 aromatic heterocycles. The van der Waals surface area contributed by atoms with E-state index in [9.17, 15) is 9.18 Å². The lowest BCUT2D eigenvalue weighted by Crippen LogP contribution is -2.13. The second kappa shape index (κ2) is 6.53. The molecule has 0 aliphatic carbocycles. The van der Waals surface area contributed by atoms with E-state index in [-0.39, 0.29) is 11.7 Å². The summed E-state index contributed by atoms with van der Waals surface area (Å²) in [6.07, 6.45) is 4.10. The smallest absolute Gasteiger partial charge is 0.226 e. The summed E-state index contributed by atoms with van der Waals surface area (Å²) in [6, 6.07) is 5.77. The molecule has 2 rings (SSSR count). The number of benzene rings is 1. The van der Waals surface area contributed by atoms with Crippen molar-refractivity contribution in [3.05, 3.63) is 42.5 Å². The summed E-state index contributed by atoms with van der Waals surface area (Å²) in [5.74, 6) is 0.597. The fraction of sp³-hybridized carbons (Fsp3) is 0.231. The van der Waals surface area contributed by atoms with E-state index < -0.39 is 0 Å². The lowest BCUT2D eigenvalue weighted by molar-refractivity contribution is -0.116. The van der Waals surface area contributed by atoms with Crippen molar-refractivity contribution >= 4 is 11.9 Å². The van der Waals surface area contributed by atoms with Crippen LogP contribution in [0.25, 0.3) is 0 Å². The van der Waals surface area contributed by atoms with Crippen LogP contribution in [0.1, 0.15) is 12.8 Å². The number of hydrogen-bond acceptors (Lipinski definition) is 3. The van der Waals surface area contributed by atoms with Crippen LogP contribution in [0.4, 0.5) is 10.3 Å². The highest BCUT2D eigenvalue weighted by molar-refractivity contribution is 5.88. The zero-order valence-corrected chi connectivity index (χ0v) is 10.2. The maximum Gasteiger partial charge on any atom is 0.226 e. The molecular formula is C13H14FN3O2. The van der Waals surface area contributed by atoms with Gasteiger partial charge in [-0.1, -0.05) is 0 Å². The van der Waals surface area contributed by atoms with E-state index >= 15 is 0 Å². The number of hydrogen-bond donors (Lipinski definition) is 2. The molecule has 0 unspecified atom stereocenters. The van der Waals surface area contributed by atoms with Gasteiger partial charge in [-0.2, -0.15) is 0 Å². The van der Waals surface area contributed by atoms with E-state index in [0.717, 1.165) is 0 Å². The fourth-order valence-corrected chi connectivity index (χ4v) is 1.48. The molecule has 19 heavy (non-hydrogen) atoms. The number of carbonyl (C=O) groups is 1. The third-order valence-corrected chi connectivity index (χ3v) is 2.39. The largest absolute Gasteiger partial charge is 0.494 e. The number of H-pyrrole nitrogens is 1. The number of amides is 1. The second-order valence-electron chi connectivity index (χ2n) is 3.89. The molecule has 1 aromatic carbocycles. The summed E-state index contributed by atoms with van der Waals surface area (Å²) in [5.41, 5.74) is 0. The summed E-state index contributed by atoms with van der Waals surface area (Å²) in [5, 5.41) is 2.62. The Balaban J connectivity index is 1.64. The first-order valence-corrected chi connectivity index (χ1v) is 5.91. The van der Waals surface area contributed by atoms with Crippen molar-refractivity contribution in [3.63, 3.8) is 0 Å². The minimum atomic E-state index is -0.301. The second-order valence-corrected chi connectivity index (χ2v) is 3.89. The Bertz CT molecular complexity index is 511. The zero-order valence-electron chi connectivity index (χ0n) is 10.2. The van der Waals surface area contributed by atoms with Gasteiger partial charge in [0.05, 0.1) is 6.61 Å². The topological polar surface area (TPSA) is 67.0 Å². The zero-order chi connectivity index (χ0) is 13.5. The minimum absolute atomic E-state index is 0.127. The van der Waals surface area contributed by atoms with Crippen LogP contribution in [0.3, 0.4) is 0 Å². The van der Waals surface area contributed by atoms with E-state index in [0.29, 0.717) is 31.1 Å². The summed E-state index contributed by atoms with van der Waals surface area (Å²) in [7, 11) is 0. The van der Waals surface area contributed by atoms with Crippen LogP contribution < -0.4 is 10.1 Å². The van der Waals surface area contributed by atoms with Gasteiger partial charge < -0.3 is 9.72 Å². The van der Waals surface area contributed by atoms with Crippen LogP contribution in [-0.4, -0.2) is 22.5 Å². The van der Waals surface area contributed by atoms with Gasteiger partial charge in [0.1, 0.15) is 11.6 Å². The number of carbonyl (C=O) groups excluding carboxylic acids is 1. The monoisotopic (exact) mass is 263 g/mol. The van der Waals surface area contributed by atoms with E-state index in [1.807, 2.05) is 0 Å². The Labute approximate surface area is 109 Å². The molecule has 6 heteroatoms. The van der Waals surface area contributed by atoms with Crippen LogP contribution in [0, 0.1) is 5.82 Å². The van der Waals surface area contributed by atoms with Crippen LogP contribution in [-0.2, 0) is 4.79 Å². The number of nitrogens with one attached hydrogen (secondary N) is 2. The van der Waals surface area contributed by atoms with Crippen molar-refractivity contribution in [1.29, 1.82) is 0 Å². The fourth-order valence-electron chi connectivity index (χ4n) is 1.48. The summed E-state index contributed by atoms with van der Waals surface area (Å²) in [4.78, 5) is 18.2. The molecule has 0 spiro atoms. The van der Waals surface area contributed by atoms with Gasteiger partial charge in [0, 0.05) is 18.8 Å². The SMILES string of the molecule is O=C(CCCOc1ccc(F)cc1)Nc1ncc[nH]1. The molecule has 0 aliphatic heterocycles. The number of halogens is 1. The number of ether oxygens (including phenoxy) is 1. The molecule has 1 heterocycles. The van der Waals surface area contributed by atoms with E-state index in [4.69, 9.17) is 4.74 Å². The number of nitrogens with zero attached hydrogens (tertiary/aromatic N) is 1. The molecular weight excluding hydrogens is 249 g/mol. The Morgan fingerprint density at radius 3 is 2.84 bits per heavy atom. The Hall–Kier alpha value is -2.37. The molecule has 100 valence electrons. The molecule has 5 nitrogen and oxygen atoms in total. The van der Waals surface area contributed by atoms with Gasteiger partial charge >= 0.3 is 0 Å². The Morgan fingerprint density at radius 2 is 2.16 bits per heavy atom. The molecule has 0 saturated heterocycles. The number of imidazole rings is 1. The highest BCUT2D eigenvalue weighted by Gasteiger charge is 2.03. The average molecular weight is 263 g/mol. The predicted molar refractivity (Wildman–Crippen MR) is 68.3 cm³/mol. The van der Waals surface area contributed by atoms with Gasteiger partial charge in [0.2, 0.25) is 11.9 Å². The lowest BCUT2D eigenvalue weighted by Gasteiger charge is -2.05. The third-order valence-electron chi connectivity index (χ3n) is 2.39. The van der Waals surface area contributed by atoms with Gasteiger partial charge in [0.15, 0.2) is 0 Å². The number of rotatable bonds is 6. The first-order chi connectivity index (χ1) is 9.24. The van der Waals surface area contributed by atoms with Crippen molar-refractivity contribution in [2.75, 3.05) is 11.9 Å². The predicted octanol–water partition coefficient (Wildman–Crippen LogP) is 2.35. The first-order valence-electron chi connectivity index (χ1n) is 5.91. The minimum Gasteiger partial charge on any atom is -0.494 e. The Kier molecular flexibility index (Phi) is 4.49. The van der Waals surface area contributed by atoms with Crippen molar-refractivity contribution in [2.24, 2.45) is 0 Å². The average Bonchev–Trinajstić information content (AvgIpc) is 2.89. The summed E-state index contributed by atoms with van der Waals surface area (Å²) < 4.78 is 18.0. The van der Waals surface area contributed by atoms with Gasteiger partial charge in [-0.05, 0) is 30.7 Å². The molecule has 0 bridgehead atoms. The maximum absolute atomic E-state index is 12.6. The van der Waals surface area contributed by atoms with Crippen molar-refractivity contribution in [3.8, 4) is 5.75 Å². The molecule has 2 aromatic rings. The van der Waals surface area contributed by atoms with Gasteiger partial charge in [-0.15, -0.1) is 0 Å². The lowest BCUT2D eigenvalue weighted by atomic mass is 10.3. The van der Waals surface area contributed by atoms with Crippen LogP contribution in [0.15, 0.2) is 36.7 Å². The van der Waals surface area contributed by atoms with Crippen LogP contribution in [0.5, 0.6) is 5.75 Å². The molecule has 1 amide bonds.